The van der Waals surface area contributed by atoms with Gasteiger partial charge in [-0.05, 0) is 19.9 Å². The first-order valence-corrected chi connectivity index (χ1v) is 3.16. The minimum atomic E-state index is 0.563. The minimum absolute atomic E-state index is 0.563. The van der Waals surface area contributed by atoms with Gasteiger partial charge in [0.15, 0.2) is 0 Å². The van der Waals surface area contributed by atoms with Crippen molar-refractivity contribution in [3.63, 3.8) is 0 Å². The molecule has 0 saturated heterocycles. The van der Waals surface area contributed by atoms with Crippen LogP contribution in [0.1, 0.15) is 13.8 Å². The fourth-order valence-corrected chi connectivity index (χ4v) is 0.418. The molecule has 0 rings (SSSR count). The molecule has 0 aromatic carbocycles. The third kappa shape index (κ3) is 7.51. The summed E-state index contributed by atoms with van der Waals surface area (Å²) in [5.41, 5.74) is 1.25. The molecule has 50 valence electrons. The molecular formula is C8H11Cl. The molecule has 0 aliphatic heterocycles. The molecule has 0 bridgehead atoms. The highest BCUT2D eigenvalue weighted by molar-refractivity contribution is 6.30. The number of hydrogen-bond donors (Lipinski definition) is 0. The van der Waals surface area contributed by atoms with Gasteiger partial charge in [0.1, 0.15) is 0 Å². The molecule has 0 heterocycles. The normalized spacial score (nSPS) is 9.67. The first kappa shape index (κ1) is 8.51. The molecule has 9 heavy (non-hydrogen) atoms. The molecule has 0 saturated carbocycles. The zero-order chi connectivity index (χ0) is 7.28. The quantitative estimate of drug-likeness (QED) is 0.520. The lowest BCUT2D eigenvalue weighted by Gasteiger charge is -1.81. The van der Waals surface area contributed by atoms with Gasteiger partial charge in [-0.2, -0.15) is 0 Å². The third-order valence-electron chi connectivity index (χ3n) is 0.707. The molecule has 0 aromatic heterocycles. The molecule has 0 fully saturated rings. The van der Waals surface area contributed by atoms with Crippen molar-refractivity contribution in [2.45, 2.75) is 13.8 Å². The van der Waals surface area contributed by atoms with E-state index in [4.69, 9.17) is 11.6 Å². The zero-order valence-electron chi connectivity index (χ0n) is 5.82. The van der Waals surface area contributed by atoms with E-state index >= 15 is 0 Å². The first-order valence-electron chi connectivity index (χ1n) is 2.79. The van der Waals surface area contributed by atoms with Crippen molar-refractivity contribution in [2.24, 2.45) is 0 Å². The molecule has 0 N–H and O–H groups in total. The van der Waals surface area contributed by atoms with Crippen molar-refractivity contribution in [2.75, 3.05) is 0 Å². The summed E-state index contributed by atoms with van der Waals surface area (Å²) in [6.45, 7) is 7.56. The van der Waals surface area contributed by atoms with E-state index in [1.165, 1.54) is 5.57 Å². The van der Waals surface area contributed by atoms with Crippen molar-refractivity contribution in [3.05, 3.63) is 35.4 Å². The Bertz CT molecular complexity index is 148. The SMILES string of the molecule is C=C(Cl)/C=C\C=C(C)C. The van der Waals surface area contributed by atoms with Crippen LogP contribution in [0.25, 0.3) is 0 Å². The molecule has 0 atom stereocenters. The molecule has 0 amide bonds. The standard InChI is InChI=1S/C8H11Cl/c1-7(2)5-4-6-8(3)9/h4-6H,3H2,1-2H3/b6-4-. The van der Waals surface area contributed by atoms with Crippen molar-refractivity contribution in [3.8, 4) is 0 Å². The lowest BCUT2D eigenvalue weighted by Crippen LogP contribution is -1.59. The zero-order valence-corrected chi connectivity index (χ0v) is 6.57. The third-order valence-corrected chi connectivity index (χ3v) is 0.833. The summed E-state index contributed by atoms with van der Waals surface area (Å²) >= 11 is 5.45. The molecule has 0 radical (unpaired) electrons. The van der Waals surface area contributed by atoms with Crippen LogP contribution in [0.3, 0.4) is 0 Å². The summed E-state index contributed by atoms with van der Waals surface area (Å²) in [4.78, 5) is 0. The summed E-state index contributed by atoms with van der Waals surface area (Å²) < 4.78 is 0. The number of hydrogen-bond acceptors (Lipinski definition) is 0. The highest BCUT2D eigenvalue weighted by atomic mass is 35.5. The van der Waals surface area contributed by atoms with Gasteiger partial charge in [-0.25, -0.2) is 0 Å². The number of halogens is 1. The van der Waals surface area contributed by atoms with E-state index in [0.29, 0.717) is 5.03 Å². The molecule has 0 aliphatic rings. The Balaban J connectivity index is 3.74. The summed E-state index contributed by atoms with van der Waals surface area (Å²) in [7, 11) is 0. The van der Waals surface area contributed by atoms with E-state index in [2.05, 4.69) is 6.58 Å². The Labute approximate surface area is 61.5 Å². The summed E-state index contributed by atoms with van der Waals surface area (Å²) in [6, 6.07) is 0. The van der Waals surface area contributed by atoms with E-state index in [0.717, 1.165) is 0 Å². The van der Waals surface area contributed by atoms with E-state index in [1.807, 2.05) is 26.0 Å². The maximum Gasteiger partial charge on any atom is 0.0334 e. The summed E-state index contributed by atoms with van der Waals surface area (Å²) in [6.07, 6.45) is 5.62. The highest BCUT2D eigenvalue weighted by Gasteiger charge is 1.73. The lowest BCUT2D eigenvalue weighted by atomic mass is 10.3. The fourth-order valence-electron chi connectivity index (χ4n) is 0.345. The maximum absolute atomic E-state index is 5.45. The van der Waals surface area contributed by atoms with Gasteiger partial charge in [0.25, 0.3) is 0 Å². The predicted octanol–water partition coefficient (Wildman–Crippen LogP) is 3.26. The van der Waals surface area contributed by atoms with Crippen molar-refractivity contribution < 1.29 is 0 Å². The summed E-state index contributed by atoms with van der Waals surface area (Å²) in [5, 5.41) is 0.563. The van der Waals surface area contributed by atoms with Crippen LogP contribution in [0, 0.1) is 0 Å². The highest BCUT2D eigenvalue weighted by Crippen LogP contribution is 1.98. The molecule has 0 aliphatic carbocycles. The second-order valence-corrected chi connectivity index (χ2v) is 2.54. The van der Waals surface area contributed by atoms with E-state index < -0.39 is 0 Å². The molecule has 0 spiro atoms. The van der Waals surface area contributed by atoms with Crippen molar-refractivity contribution in [1.29, 1.82) is 0 Å². The van der Waals surface area contributed by atoms with Gasteiger partial charge < -0.3 is 0 Å². The molecule has 0 unspecified atom stereocenters. The van der Waals surface area contributed by atoms with Crippen molar-refractivity contribution >= 4 is 11.6 Å². The number of allylic oxidation sites excluding steroid dienone is 5. The second kappa shape index (κ2) is 4.39. The molecule has 0 nitrogen and oxygen atoms in total. The van der Waals surface area contributed by atoms with Gasteiger partial charge in [0, 0.05) is 5.03 Å². The lowest BCUT2D eigenvalue weighted by molar-refractivity contribution is 1.39. The van der Waals surface area contributed by atoms with Crippen LogP contribution < -0.4 is 0 Å². The van der Waals surface area contributed by atoms with Gasteiger partial charge >= 0.3 is 0 Å². The Morgan fingerprint density at radius 3 is 2.33 bits per heavy atom. The van der Waals surface area contributed by atoms with Crippen LogP contribution in [0.4, 0.5) is 0 Å². The van der Waals surface area contributed by atoms with Crippen LogP contribution in [0.2, 0.25) is 0 Å². The Morgan fingerprint density at radius 1 is 1.44 bits per heavy atom. The maximum atomic E-state index is 5.45. The van der Waals surface area contributed by atoms with Gasteiger partial charge in [-0.3, -0.25) is 0 Å². The molecule has 1 heteroatoms. The van der Waals surface area contributed by atoms with Gasteiger partial charge in [-0.1, -0.05) is 35.9 Å². The average molecular weight is 143 g/mol. The average Bonchev–Trinajstić information content (AvgIpc) is 1.63. The summed E-state index contributed by atoms with van der Waals surface area (Å²) in [5.74, 6) is 0. The van der Waals surface area contributed by atoms with Crippen LogP contribution in [0.5, 0.6) is 0 Å². The fraction of sp³-hybridized carbons (Fsp3) is 0.250. The second-order valence-electron chi connectivity index (χ2n) is 2.05. The van der Waals surface area contributed by atoms with Crippen LogP contribution in [-0.2, 0) is 0 Å². The Kier molecular flexibility index (Phi) is 4.16. The van der Waals surface area contributed by atoms with Crippen LogP contribution >= 0.6 is 11.6 Å². The molecular weight excluding hydrogens is 132 g/mol. The van der Waals surface area contributed by atoms with Crippen LogP contribution in [0.15, 0.2) is 35.4 Å². The first-order chi connectivity index (χ1) is 4.13. The van der Waals surface area contributed by atoms with Crippen LogP contribution in [-0.4, -0.2) is 0 Å². The minimum Gasteiger partial charge on any atom is -0.0850 e. The molecule has 0 aromatic rings. The monoisotopic (exact) mass is 142 g/mol. The van der Waals surface area contributed by atoms with Crippen molar-refractivity contribution in [1.82, 2.24) is 0 Å². The van der Waals surface area contributed by atoms with E-state index in [-0.39, 0.29) is 0 Å². The van der Waals surface area contributed by atoms with Gasteiger partial charge in [-0.15, -0.1) is 0 Å². The Morgan fingerprint density at radius 2 is 2.00 bits per heavy atom. The van der Waals surface area contributed by atoms with Gasteiger partial charge in [0.05, 0.1) is 0 Å². The van der Waals surface area contributed by atoms with E-state index in [9.17, 15) is 0 Å². The topological polar surface area (TPSA) is 0 Å². The number of rotatable bonds is 2. The van der Waals surface area contributed by atoms with E-state index in [1.54, 1.807) is 6.08 Å². The predicted molar refractivity (Wildman–Crippen MR) is 43.6 cm³/mol. The largest absolute Gasteiger partial charge is 0.0850 e. The smallest absolute Gasteiger partial charge is 0.0334 e. The Hall–Kier alpha value is -0.490. The van der Waals surface area contributed by atoms with Gasteiger partial charge in [0.2, 0.25) is 0 Å².